The molecule has 0 bridgehead atoms. The van der Waals surface area contributed by atoms with E-state index in [1.54, 1.807) is 23.9 Å². The predicted molar refractivity (Wildman–Crippen MR) is 109 cm³/mol. The van der Waals surface area contributed by atoms with Crippen LogP contribution in [0.15, 0.2) is 29.4 Å². The Hall–Kier alpha value is -1.93. The summed E-state index contributed by atoms with van der Waals surface area (Å²) in [6.07, 6.45) is 3.52. The maximum absolute atomic E-state index is 13.8. The minimum Gasteiger partial charge on any atom is -0.351 e. The fourth-order valence-electron chi connectivity index (χ4n) is 2.88. The second-order valence-corrected chi connectivity index (χ2v) is 8.59. The van der Waals surface area contributed by atoms with Crippen molar-refractivity contribution in [3.05, 3.63) is 40.8 Å². The number of thiophene rings is 1. The lowest BCUT2D eigenvalue weighted by atomic mass is 10.2. The Balaban J connectivity index is 1.56. The van der Waals surface area contributed by atoms with E-state index in [1.165, 1.54) is 17.4 Å². The number of nitrogens with one attached hydrogen (secondary N) is 1. The van der Waals surface area contributed by atoms with E-state index in [2.05, 4.69) is 33.9 Å². The Morgan fingerprint density at radius 3 is 2.89 bits per heavy atom. The first-order valence-electron chi connectivity index (χ1n) is 8.92. The fraction of sp³-hybridized carbons (Fsp3) is 0.421. The van der Waals surface area contributed by atoms with E-state index < -0.39 is 0 Å². The van der Waals surface area contributed by atoms with Crippen molar-refractivity contribution in [2.45, 2.75) is 38.4 Å². The van der Waals surface area contributed by atoms with E-state index in [4.69, 9.17) is 0 Å². The second kappa shape index (κ2) is 8.84. The standard InChI is InChI=1S/C19H23FN4OS2/c1-12(2)11-24-17(22-23-19(24)26-3)8-5-9-21-18(25)16-10-13-14(20)6-4-7-15(13)27-16/h4,6-7,10,12H,5,8-9,11H2,1-3H3,(H,21,25). The number of halogens is 1. The van der Waals surface area contributed by atoms with Gasteiger partial charge in [-0.25, -0.2) is 4.39 Å². The van der Waals surface area contributed by atoms with Crippen molar-refractivity contribution in [2.24, 2.45) is 5.92 Å². The third kappa shape index (κ3) is 4.68. The van der Waals surface area contributed by atoms with Gasteiger partial charge in [-0.3, -0.25) is 4.79 Å². The first-order valence-corrected chi connectivity index (χ1v) is 11.0. The Morgan fingerprint density at radius 2 is 2.19 bits per heavy atom. The predicted octanol–water partition coefficient (Wildman–Crippen LogP) is 4.37. The number of thioether (sulfide) groups is 1. The van der Waals surface area contributed by atoms with Crippen LogP contribution < -0.4 is 5.32 Å². The lowest BCUT2D eigenvalue weighted by Crippen LogP contribution is -2.24. The van der Waals surface area contributed by atoms with Gasteiger partial charge in [0.15, 0.2) is 5.16 Å². The first kappa shape index (κ1) is 19.8. The zero-order chi connectivity index (χ0) is 19.4. The summed E-state index contributed by atoms with van der Waals surface area (Å²) >= 11 is 2.90. The molecule has 3 aromatic rings. The number of rotatable bonds is 8. The average Bonchev–Trinajstić information content (AvgIpc) is 3.23. The summed E-state index contributed by atoms with van der Waals surface area (Å²) < 4.78 is 16.7. The summed E-state index contributed by atoms with van der Waals surface area (Å²) in [5, 5.41) is 12.9. The monoisotopic (exact) mass is 406 g/mol. The molecular weight excluding hydrogens is 383 g/mol. The maximum Gasteiger partial charge on any atom is 0.261 e. The van der Waals surface area contributed by atoms with E-state index >= 15 is 0 Å². The summed E-state index contributed by atoms with van der Waals surface area (Å²) in [7, 11) is 0. The zero-order valence-corrected chi connectivity index (χ0v) is 17.3. The van der Waals surface area contributed by atoms with Gasteiger partial charge >= 0.3 is 0 Å². The highest BCUT2D eigenvalue weighted by Gasteiger charge is 2.14. The van der Waals surface area contributed by atoms with Crippen LogP contribution in [-0.4, -0.2) is 33.5 Å². The molecule has 1 amide bonds. The number of benzene rings is 1. The number of amides is 1. The molecule has 3 rings (SSSR count). The number of fused-ring (bicyclic) bond motifs is 1. The van der Waals surface area contributed by atoms with Crippen LogP contribution in [0, 0.1) is 11.7 Å². The van der Waals surface area contributed by atoms with Gasteiger partial charge in [-0.15, -0.1) is 21.5 Å². The summed E-state index contributed by atoms with van der Waals surface area (Å²) in [6, 6.07) is 6.51. The smallest absolute Gasteiger partial charge is 0.261 e. The number of carbonyl (C=O) groups excluding carboxylic acids is 1. The van der Waals surface area contributed by atoms with Crippen LogP contribution in [0.4, 0.5) is 4.39 Å². The number of nitrogens with zero attached hydrogens (tertiary/aromatic N) is 3. The molecule has 0 aliphatic carbocycles. The summed E-state index contributed by atoms with van der Waals surface area (Å²) in [5.41, 5.74) is 0. The number of hydrogen-bond donors (Lipinski definition) is 1. The highest BCUT2D eigenvalue weighted by atomic mass is 32.2. The van der Waals surface area contributed by atoms with E-state index in [0.717, 1.165) is 35.1 Å². The van der Waals surface area contributed by atoms with Crippen LogP contribution in [0.2, 0.25) is 0 Å². The third-order valence-electron chi connectivity index (χ3n) is 4.12. The van der Waals surface area contributed by atoms with Crippen molar-refractivity contribution in [1.29, 1.82) is 0 Å². The molecule has 0 aliphatic rings. The number of aryl methyl sites for hydroxylation is 1. The number of aromatic nitrogens is 3. The minimum absolute atomic E-state index is 0.163. The normalized spacial score (nSPS) is 11.4. The largest absolute Gasteiger partial charge is 0.351 e. The molecule has 0 radical (unpaired) electrons. The van der Waals surface area contributed by atoms with E-state index in [-0.39, 0.29) is 11.7 Å². The maximum atomic E-state index is 13.8. The molecule has 0 spiro atoms. The van der Waals surface area contributed by atoms with Gasteiger partial charge in [-0.2, -0.15) is 0 Å². The van der Waals surface area contributed by atoms with E-state index in [9.17, 15) is 9.18 Å². The molecule has 2 heterocycles. The Kier molecular flexibility index (Phi) is 6.49. The Morgan fingerprint density at radius 1 is 1.37 bits per heavy atom. The highest BCUT2D eigenvalue weighted by Crippen LogP contribution is 2.27. The topological polar surface area (TPSA) is 59.8 Å². The molecule has 144 valence electrons. The molecule has 2 aromatic heterocycles. The fourth-order valence-corrected chi connectivity index (χ4v) is 4.39. The lowest BCUT2D eigenvalue weighted by molar-refractivity contribution is 0.0957. The Bertz CT molecular complexity index is 935. The molecule has 27 heavy (non-hydrogen) atoms. The van der Waals surface area contributed by atoms with Gasteiger partial charge < -0.3 is 9.88 Å². The molecule has 5 nitrogen and oxygen atoms in total. The van der Waals surface area contributed by atoms with Crippen LogP contribution in [0.3, 0.4) is 0 Å². The summed E-state index contributed by atoms with van der Waals surface area (Å²) in [5.74, 6) is 1.01. The SMILES string of the molecule is CSc1nnc(CCCNC(=O)c2cc3c(F)cccc3s2)n1CC(C)C. The van der Waals surface area contributed by atoms with E-state index in [0.29, 0.717) is 22.7 Å². The molecule has 0 fully saturated rings. The first-order chi connectivity index (χ1) is 13.0. The summed E-state index contributed by atoms with van der Waals surface area (Å²) in [6.45, 7) is 5.76. The van der Waals surface area contributed by atoms with Gasteiger partial charge in [0, 0.05) is 29.6 Å². The number of hydrogen-bond acceptors (Lipinski definition) is 5. The average molecular weight is 407 g/mol. The van der Waals surface area contributed by atoms with Crippen LogP contribution in [0.1, 0.15) is 35.8 Å². The second-order valence-electron chi connectivity index (χ2n) is 6.73. The van der Waals surface area contributed by atoms with Crippen LogP contribution >= 0.6 is 23.1 Å². The van der Waals surface area contributed by atoms with Crippen LogP contribution in [0.25, 0.3) is 10.1 Å². The van der Waals surface area contributed by atoms with E-state index in [1.807, 2.05) is 12.3 Å². The molecule has 0 saturated heterocycles. The van der Waals surface area contributed by atoms with Crippen LogP contribution in [0.5, 0.6) is 0 Å². The van der Waals surface area contributed by atoms with Gasteiger partial charge in [0.05, 0.1) is 4.88 Å². The van der Waals surface area contributed by atoms with Gasteiger partial charge in [-0.05, 0) is 36.8 Å². The molecule has 0 saturated carbocycles. The van der Waals surface area contributed by atoms with Crippen molar-refractivity contribution in [3.63, 3.8) is 0 Å². The van der Waals surface area contributed by atoms with Crippen LogP contribution in [-0.2, 0) is 13.0 Å². The molecule has 0 aliphatic heterocycles. The lowest BCUT2D eigenvalue weighted by Gasteiger charge is -2.11. The third-order valence-corrected chi connectivity index (χ3v) is 5.88. The Labute approximate surface area is 166 Å². The van der Waals surface area contributed by atoms with Crippen molar-refractivity contribution >= 4 is 39.1 Å². The summed E-state index contributed by atoms with van der Waals surface area (Å²) in [4.78, 5) is 12.9. The molecule has 0 unspecified atom stereocenters. The van der Waals surface area contributed by atoms with Crippen molar-refractivity contribution in [1.82, 2.24) is 20.1 Å². The molecule has 1 N–H and O–H groups in total. The van der Waals surface area contributed by atoms with Crippen molar-refractivity contribution in [2.75, 3.05) is 12.8 Å². The zero-order valence-electron chi connectivity index (χ0n) is 15.7. The van der Waals surface area contributed by atoms with Gasteiger partial charge in [0.2, 0.25) is 0 Å². The van der Waals surface area contributed by atoms with Gasteiger partial charge in [0.25, 0.3) is 5.91 Å². The molecular formula is C19H23FN4OS2. The van der Waals surface area contributed by atoms with Crippen molar-refractivity contribution in [3.8, 4) is 0 Å². The quantitative estimate of drug-likeness (QED) is 0.446. The highest BCUT2D eigenvalue weighted by molar-refractivity contribution is 7.98. The molecule has 0 atom stereocenters. The van der Waals surface area contributed by atoms with Crippen molar-refractivity contribution < 1.29 is 9.18 Å². The molecule has 8 heteroatoms. The van der Waals surface area contributed by atoms with Gasteiger partial charge in [0.1, 0.15) is 11.6 Å². The number of carbonyl (C=O) groups is 1. The molecule has 1 aromatic carbocycles. The minimum atomic E-state index is -0.295. The van der Waals surface area contributed by atoms with Gasteiger partial charge in [-0.1, -0.05) is 31.7 Å².